The lowest BCUT2D eigenvalue weighted by molar-refractivity contribution is 0.0623. The molecule has 0 spiro atoms. The number of aromatic nitrogens is 3. The van der Waals surface area contributed by atoms with Gasteiger partial charge in [0, 0.05) is 37.4 Å². The fourth-order valence-corrected chi connectivity index (χ4v) is 3.26. The molecule has 2 amide bonds. The van der Waals surface area contributed by atoms with Crippen molar-refractivity contribution in [2.24, 2.45) is 0 Å². The number of carbonyl (C=O) groups excluding carboxylic acids is 2. The second-order valence-corrected chi connectivity index (χ2v) is 6.90. The molecule has 0 unspecified atom stereocenters. The zero-order chi connectivity index (χ0) is 19.7. The Morgan fingerprint density at radius 1 is 1.14 bits per heavy atom. The first-order chi connectivity index (χ1) is 13.5. The lowest BCUT2D eigenvalue weighted by Crippen LogP contribution is -2.51. The molecule has 1 saturated heterocycles. The van der Waals surface area contributed by atoms with Gasteiger partial charge in [0.25, 0.3) is 5.91 Å². The third-order valence-electron chi connectivity index (χ3n) is 4.71. The molecule has 28 heavy (non-hydrogen) atoms. The summed E-state index contributed by atoms with van der Waals surface area (Å²) in [7, 11) is 0. The maximum absolute atomic E-state index is 12.8. The predicted octanol–water partition coefficient (Wildman–Crippen LogP) is 2.88. The molecule has 2 aromatic heterocycles. The Morgan fingerprint density at radius 3 is 2.61 bits per heavy atom. The summed E-state index contributed by atoms with van der Waals surface area (Å²) < 4.78 is 5.29. The van der Waals surface area contributed by atoms with Gasteiger partial charge in [-0.1, -0.05) is 11.6 Å². The Balaban J connectivity index is 1.40. The number of aromatic amines is 1. The van der Waals surface area contributed by atoms with Crippen LogP contribution in [0.3, 0.4) is 0 Å². The minimum Gasteiger partial charge on any atom is -0.409 e. The number of fused-ring (bicyclic) bond motifs is 1. The van der Waals surface area contributed by atoms with Crippen molar-refractivity contribution in [3.05, 3.63) is 53.1 Å². The van der Waals surface area contributed by atoms with Gasteiger partial charge in [0.2, 0.25) is 0 Å². The monoisotopic (exact) mass is 399 g/mol. The molecule has 3 heterocycles. The molecule has 8 nitrogen and oxygen atoms in total. The standard InChI is InChI=1S/C19H18ClN5O3/c1-12-14(20)4-5-15-16(12)23-17(22-15)18(26)24-7-9-25(10-8-24)19(27)28-13-3-2-6-21-11-13/h2-6,11H,7-10H2,1H3,(H,22,23). The minimum absolute atomic E-state index is 0.202. The number of pyridine rings is 1. The highest BCUT2D eigenvalue weighted by molar-refractivity contribution is 6.32. The molecule has 0 atom stereocenters. The van der Waals surface area contributed by atoms with Crippen LogP contribution >= 0.6 is 11.6 Å². The van der Waals surface area contributed by atoms with E-state index in [2.05, 4.69) is 15.0 Å². The van der Waals surface area contributed by atoms with Gasteiger partial charge in [-0.05, 0) is 36.8 Å². The van der Waals surface area contributed by atoms with Gasteiger partial charge in [0.05, 0.1) is 17.2 Å². The lowest BCUT2D eigenvalue weighted by atomic mass is 10.2. The summed E-state index contributed by atoms with van der Waals surface area (Å²) in [6, 6.07) is 6.95. The molecule has 0 saturated carbocycles. The van der Waals surface area contributed by atoms with Gasteiger partial charge in [-0.15, -0.1) is 0 Å². The molecular formula is C19H18ClN5O3. The Labute approximate surface area is 166 Å². The zero-order valence-corrected chi connectivity index (χ0v) is 15.9. The Morgan fingerprint density at radius 2 is 1.89 bits per heavy atom. The quantitative estimate of drug-likeness (QED) is 0.715. The molecule has 144 valence electrons. The molecule has 1 N–H and O–H groups in total. The average molecular weight is 400 g/mol. The highest BCUT2D eigenvalue weighted by atomic mass is 35.5. The van der Waals surface area contributed by atoms with Crippen molar-refractivity contribution in [1.82, 2.24) is 24.8 Å². The zero-order valence-electron chi connectivity index (χ0n) is 15.2. The number of H-pyrrole nitrogens is 1. The molecule has 1 aliphatic heterocycles. The van der Waals surface area contributed by atoms with Crippen LogP contribution in [-0.2, 0) is 0 Å². The summed E-state index contributed by atoms with van der Waals surface area (Å²) in [5.74, 6) is 0.459. The number of hydrogen-bond acceptors (Lipinski definition) is 5. The van der Waals surface area contributed by atoms with Crippen LogP contribution in [0.15, 0.2) is 36.7 Å². The smallest absolute Gasteiger partial charge is 0.409 e. The van der Waals surface area contributed by atoms with Crippen LogP contribution in [0.5, 0.6) is 5.75 Å². The van der Waals surface area contributed by atoms with E-state index >= 15 is 0 Å². The van der Waals surface area contributed by atoms with Gasteiger partial charge in [-0.2, -0.15) is 0 Å². The molecule has 9 heteroatoms. The van der Waals surface area contributed by atoms with E-state index in [1.807, 2.05) is 6.92 Å². The normalized spacial score (nSPS) is 14.4. The summed E-state index contributed by atoms with van der Waals surface area (Å²) in [5.41, 5.74) is 2.29. The van der Waals surface area contributed by atoms with Crippen LogP contribution in [0.1, 0.15) is 16.2 Å². The summed E-state index contributed by atoms with van der Waals surface area (Å²) in [4.78, 5) is 39.7. The van der Waals surface area contributed by atoms with E-state index in [-0.39, 0.29) is 11.7 Å². The first-order valence-electron chi connectivity index (χ1n) is 8.84. The van der Waals surface area contributed by atoms with Crippen LogP contribution in [0.4, 0.5) is 4.79 Å². The number of amides is 2. The van der Waals surface area contributed by atoms with Gasteiger partial charge < -0.3 is 19.5 Å². The fraction of sp³-hybridized carbons (Fsp3) is 0.263. The van der Waals surface area contributed by atoms with Crippen LogP contribution in [0, 0.1) is 6.92 Å². The maximum atomic E-state index is 12.8. The topological polar surface area (TPSA) is 91.4 Å². The van der Waals surface area contributed by atoms with Crippen LogP contribution in [0.2, 0.25) is 5.02 Å². The number of ether oxygens (including phenoxy) is 1. The molecule has 1 aromatic carbocycles. The van der Waals surface area contributed by atoms with Gasteiger partial charge in [-0.25, -0.2) is 9.78 Å². The molecule has 1 fully saturated rings. The number of nitrogens with one attached hydrogen (secondary N) is 1. The highest BCUT2D eigenvalue weighted by Crippen LogP contribution is 2.24. The van der Waals surface area contributed by atoms with Crippen LogP contribution in [0.25, 0.3) is 11.0 Å². The second-order valence-electron chi connectivity index (χ2n) is 6.49. The van der Waals surface area contributed by atoms with Crippen molar-refractivity contribution >= 4 is 34.6 Å². The molecule has 3 aromatic rings. The van der Waals surface area contributed by atoms with Gasteiger partial charge in [-0.3, -0.25) is 9.78 Å². The summed E-state index contributed by atoms with van der Waals surface area (Å²) >= 11 is 6.13. The number of piperazine rings is 1. The molecular weight excluding hydrogens is 382 g/mol. The number of nitrogens with zero attached hydrogens (tertiary/aromatic N) is 4. The third kappa shape index (κ3) is 3.50. The average Bonchev–Trinajstić information content (AvgIpc) is 3.16. The fourth-order valence-electron chi connectivity index (χ4n) is 3.10. The van der Waals surface area contributed by atoms with E-state index < -0.39 is 6.09 Å². The summed E-state index contributed by atoms with van der Waals surface area (Å²) in [6.45, 7) is 3.44. The molecule has 0 radical (unpaired) electrons. The van der Waals surface area contributed by atoms with Crippen LogP contribution in [-0.4, -0.2) is 62.9 Å². The van der Waals surface area contributed by atoms with E-state index in [1.165, 1.54) is 6.20 Å². The van der Waals surface area contributed by atoms with Crippen molar-refractivity contribution in [2.45, 2.75) is 6.92 Å². The van der Waals surface area contributed by atoms with Gasteiger partial charge >= 0.3 is 6.09 Å². The summed E-state index contributed by atoms with van der Waals surface area (Å²) in [6.07, 6.45) is 2.64. The van der Waals surface area contributed by atoms with Crippen molar-refractivity contribution in [3.8, 4) is 5.75 Å². The number of carbonyl (C=O) groups is 2. The summed E-state index contributed by atoms with van der Waals surface area (Å²) in [5, 5.41) is 0.610. The minimum atomic E-state index is -0.450. The van der Waals surface area contributed by atoms with E-state index in [0.717, 1.165) is 11.1 Å². The number of hydrogen-bond donors (Lipinski definition) is 1. The molecule has 1 aliphatic rings. The maximum Gasteiger partial charge on any atom is 0.415 e. The van der Waals surface area contributed by atoms with Gasteiger partial charge in [0.1, 0.15) is 0 Å². The predicted molar refractivity (Wildman–Crippen MR) is 104 cm³/mol. The van der Waals surface area contributed by atoms with E-state index in [0.29, 0.717) is 42.5 Å². The highest BCUT2D eigenvalue weighted by Gasteiger charge is 2.27. The number of imidazole rings is 1. The number of benzene rings is 1. The van der Waals surface area contributed by atoms with E-state index in [1.54, 1.807) is 40.3 Å². The first kappa shape index (κ1) is 18.2. The molecule has 0 aliphatic carbocycles. The lowest BCUT2D eigenvalue weighted by Gasteiger charge is -2.33. The van der Waals surface area contributed by atoms with Crippen molar-refractivity contribution < 1.29 is 14.3 Å². The third-order valence-corrected chi connectivity index (χ3v) is 5.12. The SMILES string of the molecule is Cc1c(Cl)ccc2[nH]c(C(=O)N3CCN(C(=O)Oc4cccnc4)CC3)nc12. The second kappa shape index (κ2) is 7.47. The van der Waals surface area contributed by atoms with Crippen molar-refractivity contribution in [3.63, 3.8) is 0 Å². The Hall–Kier alpha value is -3.13. The van der Waals surface area contributed by atoms with E-state index in [9.17, 15) is 9.59 Å². The largest absolute Gasteiger partial charge is 0.415 e. The molecule has 0 bridgehead atoms. The number of aryl methyl sites for hydroxylation is 1. The van der Waals surface area contributed by atoms with Crippen molar-refractivity contribution in [1.29, 1.82) is 0 Å². The molecule has 4 rings (SSSR count). The Bertz CT molecular complexity index is 1030. The Kier molecular flexibility index (Phi) is 4.87. The van der Waals surface area contributed by atoms with Crippen molar-refractivity contribution in [2.75, 3.05) is 26.2 Å². The number of rotatable bonds is 2. The first-order valence-corrected chi connectivity index (χ1v) is 9.21. The number of halogens is 1. The van der Waals surface area contributed by atoms with Gasteiger partial charge in [0.15, 0.2) is 11.6 Å². The van der Waals surface area contributed by atoms with E-state index in [4.69, 9.17) is 16.3 Å². The van der Waals surface area contributed by atoms with Crippen LogP contribution < -0.4 is 4.74 Å².